The van der Waals surface area contributed by atoms with Gasteiger partial charge in [-0.15, -0.1) is 0 Å². The maximum Gasteiger partial charge on any atom is 0.126 e. The largest absolute Gasteiger partial charge is 0.381 e. The van der Waals surface area contributed by atoms with E-state index in [1.165, 1.54) is 11.6 Å². The van der Waals surface area contributed by atoms with E-state index in [1.807, 2.05) is 25.3 Å². The van der Waals surface area contributed by atoms with Crippen molar-refractivity contribution < 1.29 is 9.13 Å². The lowest BCUT2D eigenvalue weighted by Gasteiger charge is -2.38. The van der Waals surface area contributed by atoms with Crippen LogP contribution in [0.4, 0.5) is 4.39 Å². The number of piperidine rings is 1. The number of benzene rings is 1. The number of nitrogens with zero attached hydrogens (tertiary/aromatic N) is 2. The number of hydrogen-bond acceptors (Lipinski definition) is 3. The molecule has 1 saturated heterocycles. The molecule has 1 fully saturated rings. The number of aromatic nitrogens is 2. The average Bonchev–Trinajstić information content (AvgIpc) is 2.95. The molecule has 1 N–H and O–H groups in total. The number of hydrogen-bond donors (Lipinski definition) is 1. The summed E-state index contributed by atoms with van der Waals surface area (Å²) < 4.78 is 19.6. The molecule has 5 heteroatoms. The standard InChI is InChI=1S/C18H24FN3O/c1-13-16(10-20-21-13)12-22-8-7-18(23-2)15(11-22)9-14-5-3-4-6-17(14)19/h3-6,10,15,18H,7-9,11-12H2,1-2H3,(H,20,21)/t15-,18-/m1/s1. The minimum absolute atomic E-state index is 0.120. The monoisotopic (exact) mass is 317 g/mol. The molecular formula is C18H24FN3O. The highest BCUT2D eigenvalue weighted by Crippen LogP contribution is 2.26. The number of aromatic amines is 1. The molecule has 2 heterocycles. The zero-order valence-corrected chi connectivity index (χ0v) is 13.8. The van der Waals surface area contributed by atoms with Crippen molar-refractivity contribution in [2.24, 2.45) is 5.92 Å². The van der Waals surface area contributed by atoms with Gasteiger partial charge in [-0.2, -0.15) is 5.10 Å². The van der Waals surface area contributed by atoms with Crippen LogP contribution in [0.5, 0.6) is 0 Å². The lowest BCUT2D eigenvalue weighted by molar-refractivity contribution is -0.00876. The van der Waals surface area contributed by atoms with Crippen LogP contribution >= 0.6 is 0 Å². The summed E-state index contributed by atoms with van der Waals surface area (Å²) in [5.74, 6) is 0.183. The van der Waals surface area contributed by atoms with Crippen molar-refractivity contribution in [3.63, 3.8) is 0 Å². The summed E-state index contributed by atoms with van der Waals surface area (Å²) in [5, 5.41) is 7.08. The zero-order chi connectivity index (χ0) is 16.2. The molecule has 0 radical (unpaired) electrons. The predicted molar refractivity (Wildman–Crippen MR) is 87.6 cm³/mol. The van der Waals surface area contributed by atoms with Crippen LogP contribution in [-0.2, 0) is 17.7 Å². The highest BCUT2D eigenvalue weighted by atomic mass is 19.1. The quantitative estimate of drug-likeness (QED) is 0.922. The lowest BCUT2D eigenvalue weighted by atomic mass is 9.88. The number of halogens is 1. The summed E-state index contributed by atoms with van der Waals surface area (Å²) in [6.45, 7) is 4.84. The van der Waals surface area contributed by atoms with Gasteiger partial charge >= 0.3 is 0 Å². The Morgan fingerprint density at radius 3 is 2.87 bits per heavy atom. The predicted octanol–water partition coefficient (Wildman–Crippen LogP) is 2.94. The van der Waals surface area contributed by atoms with Gasteiger partial charge in [0.25, 0.3) is 0 Å². The molecule has 0 spiro atoms. The molecule has 0 unspecified atom stereocenters. The minimum atomic E-state index is -0.120. The van der Waals surface area contributed by atoms with E-state index in [4.69, 9.17) is 4.74 Å². The third kappa shape index (κ3) is 3.79. The van der Waals surface area contributed by atoms with Gasteiger partial charge in [-0.25, -0.2) is 4.39 Å². The second-order valence-electron chi connectivity index (χ2n) is 6.37. The molecule has 1 aromatic heterocycles. The van der Waals surface area contributed by atoms with Crippen LogP contribution in [0.25, 0.3) is 0 Å². The summed E-state index contributed by atoms with van der Waals surface area (Å²) in [6, 6.07) is 7.05. The van der Waals surface area contributed by atoms with Crippen molar-refractivity contribution in [1.29, 1.82) is 0 Å². The van der Waals surface area contributed by atoms with Crippen LogP contribution in [0.1, 0.15) is 23.2 Å². The number of nitrogens with one attached hydrogen (secondary N) is 1. The Labute approximate surface area is 136 Å². The maximum atomic E-state index is 14.0. The number of rotatable bonds is 5. The molecule has 2 aromatic rings. The summed E-state index contributed by atoms with van der Waals surface area (Å²) in [5.41, 5.74) is 3.12. The van der Waals surface area contributed by atoms with Gasteiger partial charge < -0.3 is 4.74 Å². The average molecular weight is 317 g/mol. The molecule has 2 atom stereocenters. The third-order valence-electron chi connectivity index (χ3n) is 4.82. The number of likely N-dealkylation sites (tertiary alicyclic amines) is 1. The Kier molecular flexibility index (Phi) is 5.08. The first kappa shape index (κ1) is 16.1. The highest BCUT2D eigenvalue weighted by molar-refractivity contribution is 5.19. The van der Waals surface area contributed by atoms with Crippen molar-refractivity contribution in [2.75, 3.05) is 20.2 Å². The van der Waals surface area contributed by atoms with Gasteiger partial charge in [0.1, 0.15) is 5.82 Å². The number of methoxy groups -OCH3 is 1. The van der Waals surface area contributed by atoms with E-state index in [2.05, 4.69) is 15.1 Å². The third-order valence-corrected chi connectivity index (χ3v) is 4.82. The van der Waals surface area contributed by atoms with Crippen molar-refractivity contribution in [3.8, 4) is 0 Å². The van der Waals surface area contributed by atoms with Crippen LogP contribution in [-0.4, -0.2) is 41.4 Å². The van der Waals surface area contributed by atoms with Gasteiger partial charge in [-0.05, 0) is 31.4 Å². The molecular weight excluding hydrogens is 293 g/mol. The van der Waals surface area contributed by atoms with Gasteiger partial charge in [0.05, 0.1) is 12.3 Å². The van der Waals surface area contributed by atoms with Crippen LogP contribution in [0.2, 0.25) is 0 Å². The van der Waals surface area contributed by atoms with Gasteiger partial charge in [0.15, 0.2) is 0 Å². The maximum absolute atomic E-state index is 14.0. The topological polar surface area (TPSA) is 41.1 Å². The summed E-state index contributed by atoms with van der Waals surface area (Å²) in [7, 11) is 1.76. The smallest absolute Gasteiger partial charge is 0.126 e. The van der Waals surface area contributed by atoms with Crippen LogP contribution in [0.3, 0.4) is 0 Å². The molecule has 4 nitrogen and oxygen atoms in total. The fourth-order valence-electron chi connectivity index (χ4n) is 3.46. The molecule has 0 aliphatic carbocycles. The van der Waals surface area contributed by atoms with Gasteiger partial charge in [-0.1, -0.05) is 18.2 Å². The Morgan fingerprint density at radius 1 is 1.35 bits per heavy atom. The molecule has 3 rings (SSSR count). The van der Waals surface area contributed by atoms with Crippen molar-refractivity contribution in [1.82, 2.24) is 15.1 Å². The Hall–Kier alpha value is -1.72. The fraction of sp³-hybridized carbons (Fsp3) is 0.500. The molecule has 0 bridgehead atoms. The fourth-order valence-corrected chi connectivity index (χ4v) is 3.46. The molecule has 0 amide bonds. The Bertz CT molecular complexity index is 643. The molecule has 0 saturated carbocycles. The van der Waals surface area contributed by atoms with Crippen LogP contribution in [0.15, 0.2) is 30.5 Å². The molecule has 23 heavy (non-hydrogen) atoms. The normalized spacial score (nSPS) is 22.4. The van der Waals surface area contributed by atoms with Crippen molar-refractivity contribution in [3.05, 3.63) is 53.1 Å². The summed E-state index contributed by atoms with van der Waals surface area (Å²) >= 11 is 0. The minimum Gasteiger partial charge on any atom is -0.381 e. The second kappa shape index (κ2) is 7.23. The zero-order valence-electron chi connectivity index (χ0n) is 13.8. The number of aryl methyl sites for hydroxylation is 1. The number of H-pyrrole nitrogens is 1. The van der Waals surface area contributed by atoms with E-state index >= 15 is 0 Å². The van der Waals surface area contributed by atoms with Gasteiger partial charge in [0, 0.05) is 43.9 Å². The summed E-state index contributed by atoms with van der Waals surface area (Å²) in [6.07, 6.45) is 3.78. The van der Waals surface area contributed by atoms with E-state index < -0.39 is 0 Å². The van der Waals surface area contributed by atoms with Crippen LogP contribution < -0.4 is 0 Å². The number of ether oxygens (including phenoxy) is 1. The van der Waals surface area contributed by atoms with E-state index in [1.54, 1.807) is 13.2 Å². The van der Waals surface area contributed by atoms with Crippen molar-refractivity contribution >= 4 is 0 Å². The van der Waals surface area contributed by atoms with Gasteiger partial charge in [-0.3, -0.25) is 10.00 Å². The van der Waals surface area contributed by atoms with E-state index in [0.717, 1.165) is 37.3 Å². The molecule has 1 aliphatic heterocycles. The lowest BCUT2D eigenvalue weighted by Crippen LogP contribution is -2.44. The first-order valence-corrected chi connectivity index (χ1v) is 8.14. The second-order valence-corrected chi connectivity index (χ2v) is 6.37. The van der Waals surface area contributed by atoms with Crippen LogP contribution in [0, 0.1) is 18.7 Å². The van der Waals surface area contributed by atoms with Gasteiger partial charge in [0.2, 0.25) is 0 Å². The van der Waals surface area contributed by atoms with E-state index in [9.17, 15) is 4.39 Å². The first-order valence-electron chi connectivity index (χ1n) is 8.14. The SMILES string of the molecule is CO[C@@H]1CCN(Cc2cn[nH]c2C)C[C@H]1Cc1ccccc1F. The van der Waals surface area contributed by atoms with E-state index in [0.29, 0.717) is 12.3 Å². The van der Waals surface area contributed by atoms with E-state index in [-0.39, 0.29) is 11.9 Å². The molecule has 124 valence electrons. The first-order chi connectivity index (χ1) is 11.2. The molecule has 1 aliphatic rings. The van der Waals surface area contributed by atoms with Crippen molar-refractivity contribution in [2.45, 2.75) is 32.4 Å². The molecule has 1 aromatic carbocycles. The Morgan fingerprint density at radius 2 is 2.17 bits per heavy atom. The Balaban J connectivity index is 1.69. The summed E-state index contributed by atoms with van der Waals surface area (Å²) in [4.78, 5) is 2.42. The highest BCUT2D eigenvalue weighted by Gasteiger charge is 2.30.